The number of hydrogen-bond donors (Lipinski definition) is 2. The highest BCUT2D eigenvalue weighted by atomic mass is 16.5. The van der Waals surface area contributed by atoms with Gasteiger partial charge in [-0.3, -0.25) is 0 Å². The molecule has 1 aromatic rings. The summed E-state index contributed by atoms with van der Waals surface area (Å²) in [5.41, 5.74) is 1.15. The molecule has 21 heavy (non-hydrogen) atoms. The molecule has 0 aromatic heterocycles. The maximum atomic E-state index is 11.9. The number of rotatable bonds is 7. The molecule has 0 saturated heterocycles. The number of carbonyl (C=O) groups excluding carboxylic acids is 1. The highest BCUT2D eigenvalue weighted by Gasteiger charge is 2.31. The highest BCUT2D eigenvalue weighted by Crippen LogP contribution is 2.32. The predicted octanol–water partition coefficient (Wildman–Crippen LogP) is 1.65. The fourth-order valence-electron chi connectivity index (χ4n) is 2.23. The lowest BCUT2D eigenvalue weighted by Crippen LogP contribution is -2.42. The Morgan fingerprint density at radius 2 is 2.10 bits per heavy atom. The Labute approximate surface area is 125 Å². The first-order chi connectivity index (χ1) is 10.1. The van der Waals surface area contributed by atoms with E-state index in [9.17, 15) is 9.90 Å². The summed E-state index contributed by atoms with van der Waals surface area (Å²) in [4.78, 5) is 13.4. The van der Waals surface area contributed by atoms with Gasteiger partial charge in [0.15, 0.2) is 0 Å². The van der Waals surface area contributed by atoms with Crippen LogP contribution in [-0.4, -0.2) is 49.4 Å². The Balaban J connectivity index is 1.67. The maximum absolute atomic E-state index is 11.9. The summed E-state index contributed by atoms with van der Waals surface area (Å²) in [6.45, 7) is 0.980. The van der Waals surface area contributed by atoms with Crippen LogP contribution < -0.4 is 10.1 Å². The van der Waals surface area contributed by atoms with Crippen molar-refractivity contribution in [2.45, 2.75) is 25.4 Å². The molecule has 1 fully saturated rings. The largest absolute Gasteiger partial charge is 0.497 e. The first-order valence-electron chi connectivity index (χ1n) is 7.40. The van der Waals surface area contributed by atoms with E-state index in [0.717, 1.165) is 30.6 Å². The summed E-state index contributed by atoms with van der Waals surface area (Å²) < 4.78 is 5.10. The van der Waals surface area contributed by atoms with Crippen LogP contribution in [-0.2, 0) is 6.42 Å². The first kappa shape index (κ1) is 15.6. The predicted molar refractivity (Wildman–Crippen MR) is 81.5 cm³/mol. The molecule has 2 amide bonds. The summed E-state index contributed by atoms with van der Waals surface area (Å²) >= 11 is 0. The topological polar surface area (TPSA) is 61.8 Å². The maximum Gasteiger partial charge on any atom is 0.317 e. The van der Waals surface area contributed by atoms with Crippen molar-refractivity contribution in [3.63, 3.8) is 0 Å². The second-order valence-electron chi connectivity index (χ2n) is 5.62. The Bertz CT molecular complexity index is 457. The molecule has 0 radical (unpaired) electrons. The van der Waals surface area contributed by atoms with Gasteiger partial charge in [-0.2, -0.15) is 0 Å². The van der Waals surface area contributed by atoms with Crippen molar-refractivity contribution in [3.8, 4) is 5.75 Å². The van der Waals surface area contributed by atoms with E-state index in [4.69, 9.17) is 4.74 Å². The Kier molecular flexibility index (Phi) is 5.44. The number of methoxy groups -OCH3 is 1. The van der Waals surface area contributed by atoms with Gasteiger partial charge >= 0.3 is 6.03 Å². The van der Waals surface area contributed by atoms with Crippen molar-refractivity contribution < 1.29 is 14.6 Å². The SMILES string of the molecule is COc1ccc(CCNC(=O)N(C)CC(O)C2CC2)cc1. The number of likely N-dealkylation sites (N-methyl/N-ethyl adjacent to an activating group) is 1. The van der Waals surface area contributed by atoms with Gasteiger partial charge in [-0.15, -0.1) is 0 Å². The summed E-state index contributed by atoms with van der Waals surface area (Å²) in [6.07, 6.45) is 2.54. The molecule has 5 heteroatoms. The van der Waals surface area contributed by atoms with Crippen LogP contribution in [0.15, 0.2) is 24.3 Å². The van der Waals surface area contributed by atoms with E-state index in [1.54, 1.807) is 19.1 Å². The zero-order valence-corrected chi connectivity index (χ0v) is 12.7. The van der Waals surface area contributed by atoms with Gasteiger partial charge < -0.3 is 20.1 Å². The highest BCUT2D eigenvalue weighted by molar-refractivity contribution is 5.73. The number of nitrogens with zero attached hydrogens (tertiary/aromatic N) is 1. The molecule has 2 N–H and O–H groups in total. The van der Waals surface area contributed by atoms with E-state index in [2.05, 4.69) is 5.32 Å². The smallest absolute Gasteiger partial charge is 0.317 e. The standard InChI is InChI=1S/C16H24N2O3/c1-18(11-15(19)13-5-6-13)16(20)17-10-9-12-3-7-14(21-2)8-4-12/h3-4,7-8,13,15,19H,5-6,9-11H2,1-2H3,(H,17,20). The van der Waals surface area contributed by atoms with Gasteiger partial charge in [0.1, 0.15) is 5.75 Å². The Morgan fingerprint density at radius 3 is 2.67 bits per heavy atom. The van der Waals surface area contributed by atoms with Crippen LogP contribution in [0.3, 0.4) is 0 Å². The second-order valence-corrected chi connectivity index (χ2v) is 5.62. The Morgan fingerprint density at radius 1 is 1.43 bits per heavy atom. The number of urea groups is 1. The fourth-order valence-corrected chi connectivity index (χ4v) is 2.23. The van der Waals surface area contributed by atoms with E-state index < -0.39 is 0 Å². The first-order valence-corrected chi connectivity index (χ1v) is 7.40. The van der Waals surface area contributed by atoms with Crippen molar-refractivity contribution in [2.75, 3.05) is 27.2 Å². The average molecular weight is 292 g/mol. The molecule has 5 nitrogen and oxygen atoms in total. The Hall–Kier alpha value is -1.75. The molecular weight excluding hydrogens is 268 g/mol. The van der Waals surface area contributed by atoms with Crippen LogP contribution in [0.5, 0.6) is 5.75 Å². The van der Waals surface area contributed by atoms with Crippen molar-refractivity contribution in [1.82, 2.24) is 10.2 Å². The minimum atomic E-state index is -0.387. The van der Waals surface area contributed by atoms with Crippen LogP contribution in [0, 0.1) is 5.92 Å². The van der Waals surface area contributed by atoms with Gasteiger partial charge in [-0.1, -0.05) is 12.1 Å². The van der Waals surface area contributed by atoms with Crippen molar-refractivity contribution >= 4 is 6.03 Å². The molecule has 1 unspecified atom stereocenters. The summed E-state index contributed by atoms with van der Waals surface area (Å²) in [7, 11) is 3.36. The van der Waals surface area contributed by atoms with Crippen LogP contribution in [0.2, 0.25) is 0 Å². The second kappa shape index (κ2) is 7.31. The van der Waals surface area contributed by atoms with E-state index in [-0.39, 0.29) is 12.1 Å². The quantitative estimate of drug-likeness (QED) is 0.803. The van der Waals surface area contributed by atoms with Gasteiger partial charge in [0.05, 0.1) is 13.2 Å². The van der Waals surface area contributed by atoms with Crippen molar-refractivity contribution in [2.24, 2.45) is 5.92 Å². The van der Waals surface area contributed by atoms with Gasteiger partial charge in [-0.05, 0) is 42.9 Å². The third-order valence-electron chi connectivity index (χ3n) is 3.82. The van der Waals surface area contributed by atoms with Crippen LogP contribution in [0.1, 0.15) is 18.4 Å². The molecule has 1 saturated carbocycles. The average Bonchev–Trinajstić information content (AvgIpc) is 3.32. The van der Waals surface area contributed by atoms with E-state index >= 15 is 0 Å². The normalized spacial score (nSPS) is 15.4. The number of amides is 2. The third-order valence-corrected chi connectivity index (χ3v) is 3.82. The van der Waals surface area contributed by atoms with Gasteiger partial charge in [0.2, 0.25) is 0 Å². The molecule has 1 aromatic carbocycles. The van der Waals surface area contributed by atoms with Crippen molar-refractivity contribution in [1.29, 1.82) is 0 Å². The summed E-state index contributed by atoms with van der Waals surface area (Å²) in [5.74, 6) is 1.22. The number of nitrogens with one attached hydrogen (secondary N) is 1. The molecule has 0 heterocycles. The zero-order valence-electron chi connectivity index (χ0n) is 12.7. The molecule has 1 aliphatic carbocycles. The number of aliphatic hydroxyl groups is 1. The van der Waals surface area contributed by atoms with Gasteiger partial charge in [-0.25, -0.2) is 4.79 Å². The molecular formula is C16H24N2O3. The lowest BCUT2D eigenvalue weighted by atomic mass is 10.1. The fraction of sp³-hybridized carbons (Fsp3) is 0.562. The lowest BCUT2D eigenvalue weighted by Gasteiger charge is -2.21. The zero-order chi connectivity index (χ0) is 15.2. The van der Waals surface area contributed by atoms with Crippen LogP contribution in [0.25, 0.3) is 0 Å². The molecule has 116 valence electrons. The van der Waals surface area contributed by atoms with Crippen LogP contribution in [0.4, 0.5) is 4.79 Å². The summed E-state index contributed by atoms with van der Waals surface area (Å²) in [6, 6.07) is 7.67. The van der Waals surface area contributed by atoms with Crippen LogP contribution >= 0.6 is 0 Å². The van der Waals surface area contributed by atoms with E-state index in [1.807, 2.05) is 24.3 Å². The third kappa shape index (κ3) is 4.93. The monoisotopic (exact) mass is 292 g/mol. The number of carbonyl (C=O) groups is 1. The minimum absolute atomic E-state index is 0.136. The molecule has 0 spiro atoms. The van der Waals surface area contributed by atoms with Crippen molar-refractivity contribution in [3.05, 3.63) is 29.8 Å². The van der Waals surface area contributed by atoms with Gasteiger partial charge in [0.25, 0.3) is 0 Å². The molecule has 0 aliphatic heterocycles. The summed E-state index contributed by atoms with van der Waals surface area (Å²) in [5, 5.41) is 12.7. The molecule has 0 bridgehead atoms. The minimum Gasteiger partial charge on any atom is -0.497 e. The molecule has 1 atom stereocenters. The molecule has 1 aliphatic rings. The number of benzene rings is 1. The molecule has 2 rings (SSSR count). The van der Waals surface area contributed by atoms with Gasteiger partial charge in [0, 0.05) is 20.1 Å². The van der Waals surface area contributed by atoms with E-state index in [1.165, 1.54) is 0 Å². The number of ether oxygens (including phenoxy) is 1. The van der Waals surface area contributed by atoms with E-state index in [0.29, 0.717) is 19.0 Å². The number of hydrogen-bond acceptors (Lipinski definition) is 3. The number of aliphatic hydroxyl groups excluding tert-OH is 1. The lowest BCUT2D eigenvalue weighted by molar-refractivity contribution is 0.113.